The van der Waals surface area contributed by atoms with Crippen molar-refractivity contribution in [1.82, 2.24) is 14.7 Å². The van der Waals surface area contributed by atoms with Crippen LogP contribution in [-0.2, 0) is 4.79 Å². The SMILES string of the molecule is CC(=O)N1CCC(C)(N2CCN(C(C)c3ccc(I)cc3)C(C)C2)CC1. The summed E-state index contributed by atoms with van der Waals surface area (Å²) in [4.78, 5) is 18.9. The molecule has 3 rings (SSSR count). The summed E-state index contributed by atoms with van der Waals surface area (Å²) >= 11 is 2.37. The van der Waals surface area contributed by atoms with E-state index < -0.39 is 0 Å². The third kappa shape index (κ3) is 4.25. The van der Waals surface area contributed by atoms with Crippen LogP contribution in [-0.4, -0.2) is 64.9 Å². The largest absolute Gasteiger partial charge is 0.343 e. The van der Waals surface area contributed by atoms with Crippen LogP contribution in [0.3, 0.4) is 0 Å². The molecule has 0 spiro atoms. The maximum atomic E-state index is 11.6. The molecule has 0 aliphatic carbocycles. The maximum absolute atomic E-state index is 11.6. The summed E-state index contributed by atoms with van der Waals surface area (Å²) in [5, 5.41) is 0. The molecule has 2 heterocycles. The number of piperidine rings is 1. The predicted molar refractivity (Wildman–Crippen MR) is 115 cm³/mol. The van der Waals surface area contributed by atoms with Gasteiger partial charge < -0.3 is 4.90 Å². The fraction of sp³-hybridized carbons (Fsp3) is 0.667. The highest BCUT2D eigenvalue weighted by atomic mass is 127. The summed E-state index contributed by atoms with van der Waals surface area (Å²) in [6, 6.07) is 9.94. The van der Waals surface area contributed by atoms with Crippen molar-refractivity contribution in [2.24, 2.45) is 0 Å². The van der Waals surface area contributed by atoms with E-state index in [-0.39, 0.29) is 11.4 Å². The number of nitrogens with zero attached hydrogens (tertiary/aromatic N) is 3. The molecule has 5 heteroatoms. The third-order valence-corrected chi connectivity index (χ3v) is 7.30. The van der Waals surface area contributed by atoms with Crippen molar-refractivity contribution < 1.29 is 4.79 Å². The molecule has 1 aromatic carbocycles. The van der Waals surface area contributed by atoms with Crippen molar-refractivity contribution in [3.8, 4) is 0 Å². The Morgan fingerprint density at radius 3 is 2.31 bits per heavy atom. The Morgan fingerprint density at radius 2 is 1.77 bits per heavy atom. The zero-order valence-corrected chi connectivity index (χ0v) is 18.7. The summed E-state index contributed by atoms with van der Waals surface area (Å²) in [7, 11) is 0. The molecule has 4 nitrogen and oxygen atoms in total. The molecule has 2 aliphatic heterocycles. The molecule has 0 radical (unpaired) electrons. The van der Waals surface area contributed by atoms with Gasteiger partial charge in [0, 0.05) is 60.8 Å². The molecular weight excluding hydrogens is 437 g/mol. The maximum Gasteiger partial charge on any atom is 0.219 e. The van der Waals surface area contributed by atoms with Crippen LogP contribution in [0.2, 0.25) is 0 Å². The first-order valence-electron chi connectivity index (χ1n) is 9.82. The minimum atomic E-state index is 0.219. The number of hydrogen-bond acceptors (Lipinski definition) is 3. The summed E-state index contributed by atoms with van der Waals surface area (Å²) < 4.78 is 1.29. The van der Waals surface area contributed by atoms with Crippen molar-refractivity contribution in [3.63, 3.8) is 0 Å². The molecule has 0 aromatic heterocycles. The molecule has 2 saturated heterocycles. The first-order chi connectivity index (χ1) is 12.3. The van der Waals surface area contributed by atoms with Gasteiger partial charge in [-0.05, 0) is 73.9 Å². The second-order valence-electron chi connectivity index (χ2n) is 8.26. The van der Waals surface area contributed by atoms with Gasteiger partial charge in [0.05, 0.1) is 0 Å². The Kier molecular flexibility index (Phi) is 6.29. The Labute approximate surface area is 172 Å². The van der Waals surface area contributed by atoms with Gasteiger partial charge in [-0.25, -0.2) is 0 Å². The lowest BCUT2D eigenvalue weighted by molar-refractivity contribution is -0.132. The molecule has 2 atom stereocenters. The van der Waals surface area contributed by atoms with Gasteiger partial charge in [-0.15, -0.1) is 0 Å². The molecule has 2 unspecified atom stereocenters. The summed E-state index contributed by atoms with van der Waals surface area (Å²) in [6.45, 7) is 13.9. The van der Waals surface area contributed by atoms with Crippen molar-refractivity contribution in [1.29, 1.82) is 0 Å². The second-order valence-corrected chi connectivity index (χ2v) is 9.51. The molecule has 144 valence electrons. The number of piperazine rings is 1. The van der Waals surface area contributed by atoms with Gasteiger partial charge in [-0.3, -0.25) is 14.6 Å². The van der Waals surface area contributed by atoms with E-state index in [1.807, 2.05) is 4.90 Å². The highest BCUT2D eigenvalue weighted by Gasteiger charge is 2.40. The Morgan fingerprint density at radius 1 is 1.15 bits per heavy atom. The molecule has 2 fully saturated rings. The van der Waals surface area contributed by atoms with E-state index in [1.54, 1.807) is 6.92 Å². The van der Waals surface area contributed by atoms with Gasteiger partial charge in [0.2, 0.25) is 5.91 Å². The number of benzene rings is 1. The van der Waals surface area contributed by atoms with Crippen molar-refractivity contribution in [2.45, 2.75) is 58.2 Å². The second kappa shape index (κ2) is 8.15. The average Bonchev–Trinajstić information content (AvgIpc) is 2.62. The quantitative estimate of drug-likeness (QED) is 0.631. The monoisotopic (exact) mass is 469 g/mol. The van der Waals surface area contributed by atoms with Crippen LogP contribution in [0.4, 0.5) is 0 Å². The number of carbonyl (C=O) groups excluding carboxylic acids is 1. The van der Waals surface area contributed by atoms with Crippen LogP contribution in [0, 0.1) is 3.57 Å². The van der Waals surface area contributed by atoms with Gasteiger partial charge in [0.1, 0.15) is 0 Å². The van der Waals surface area contributed by atoms with E-state index >= 15 is 0 Å². The minimum absolute atomic E-state index is 0.219. The summed E-state index contributed by atoms with van der Waals surface area (Å²) in [5.74, 6) is 0.219. The smallest absolute Gasteiger partial charge is 0.219 e. The molecule has 0 bridgehead atoms. The molecular formula is C21H32IN3O. The number of carbonyl (C=O) groups is 1. The number of likely N-dealkylation sites (tertiary alicyclic amines) is 1. The fourth-order valence-corrected chi connectivity index (χ4v) is 4.95. The van der Waals surface area contributed by atoms with Crippen LogP contribution in [0.1, 0.15) is 52.1 Å². The number of rotatable bonds is 3. The lowest BCUT2D eigenvalue weighted by Crippen LogP contribution is -2.62. The Balaban J connectivity index is 1.61. The normalized spacial score (nSPS) is 25.9. The van der Waals surface area contributed by atoms with E-state index in [9.17, 15) is 4.79 Å². The first-order valence-corrected chi connectivity index (χ1v) is 10.9. The standard InChI is InChI=1S/C21H32IN3O/c1-16-15-24(21(4)9-11-23(12-10-21)18(3)26)13-14-25(16)17(2)19-5-7-20(22)8-6-19/h5-8,16-17H,9-15H2,1-4H3. The number of amides is 1. The van der Waals surface area contributed by atoms with E-state index in [4.69, 9.17) is 0 Å². The highest BCUT2D eigenvalue weighted by molar-refractivity contribution is 14.1. The molecule has 0 N–H and O–H groups in total. The zero-order valence-electron chi connectivity index (χ0n) is 16.5. The van der Waals surface area contributed by atoms with E-state index in [0.717, 1.165) is 45.6 Å². The third-order valence-electron chi connectivity index (χ3n) is 6.58. The topological polar surface area (TPSA) is 26.8 Å². The van der Waals surface area contributed by atoms with Crippen LogP contribution in [0.5, 0.6) is 0 Å². The van der Waals surface area contributed by atoms with Gasteiger partial charge in [-0.1, -0.05) is 12.1 Å². The van der Waals surface area contributed by atoms with E-state index in [2.05, 4.69) is 77.4 Å². The Hall–Kier alpha value is -0.660. The Bertz CT molecular complexity index is 625. The first kappa shape index (κ1) is 20.1. The van der Waals surface area contributed by atoms with Gasteiger partial charge >= 0.3 is 0 Å². The van der Waals surface area contributed by atoms with Crippen LogP contribution >= 0.6 is 22.6 Å². The van der Waals surface area contributed by atoms with Crippen LogP contribution in [0.25, 0.3) is 0 Å². The number of hydrogen-bond donors (Lipinski definition) is 0. The van der Waals surface area contributed by atoms with E-state index in [0.29, 0.717) is 12.1 Å². The summed E-state index contributed by atoms with van der Waals surface area (Å²) in [5.41, 5.74) is 1.64. The van der Waals surface area contributed by atoms with Gasteiger partial charge in [-0.2, -0.15) is 0 Å². The lowest BCUT2D eigenvalue weighted by Gasteiger charge is -2.52. The zero-order chi connectivity index (χ0) is 18.9. The van der Waals surface area contributed by atoms with Crippen molar-refractivity contribution >= 4 is 28.5 Å². The average molecular weight is 469 g/mol. The molecule has 1 aromatic rings. The fourth-order valence-electron chi connectivity index (χ4n) is 4.59. The van der Waals surface area contributed by atoms with E-state index in [1.165, 1.54) is 9.13 Å². The molecule has 1 amide bonds. The molecule has 2 aliphatic rings. The molecule has 0 saturated carbocycles. The van der Waals surface area contributed by atoms with Crippen LogP contribution in [0.15, 0.2) is 24.3 Å². The minimum Gasteiger partial charge on any atom is -0.343 e. The number of halogens is 1. The lowest BCUT2D eigenvalue weighted by atomic mass is 9.86. The molecule has 26 heavy (non-hydrogen) atoms. The van der Waals surface area contributed by atoms with Gasteiger partial charge in [0.15, 0.2) is 0 Å². The summed E-state index contributed by atoms with van der Waals surface area (Å²) in [6.07, 6.45) is 2.18. The van der Waals surface area contributed by atoms with Crippen molar-refractivity contribution in [2.75, 3.05) is 32.7 Å². The predicted octanol–water partition coefficient (Wildman–Crippen LogP) is 3.76. The van der Waals surface area contributed by atoms with Crippen LogP contribution < -0.4 is 0 Å². The highest BCUT2D eigenvalue weighted by Crippen LogP contribution is 2.33. The van der Waals surface area contributed by atoms with Gasteiger partial charge in [0.25, 0.3) is 0 Å². The van der Waals surface area contributed by atoms with Crippen molar-refractivity contribution in [3.05, 3.63) is 33.4 Å².